The van der Waals surface area contributed by atoms with Crippen LogP contribution in [0.25, 0.3) is 5.82 Å². The van der Waals surface area contributed by atoms with E-state index in [9.17, 15) is 4.79 Å². The summed E-state index contributed by atoms with van der Waals surface area (Å²) < 4.78 is 2.03. The van der Waals surface area contributed by atoms with Crippen molar-refractivity contribution in [2.45, 2.75) is 12.1 Å². The van der Waals surface area contributed by atoms with Gasteiger partial charge in [-0.15, -0.1) is 0 Å². The average molecular weight is 455 g/mol. The van der Waals surface area contributed by atoms with Gasteiger partial charge in [-0.2, -0.15) is 0 Å². The molecule has 8 heteroatoms. The number of benzene rings is 1. The summed E-state index contributed by atoms with van der Waals surface area (Å²) in [5, 5.41) is 6.85. The number of nitrogens with one attached hydrogen (secondary N) is 2. The van der Waals surface area contributed by atoms with E-state index in [-0.39, 0.29) is 24.5 Å². The first-order valence-corrected chi connectivity index (χ1v) is 11.0. The second-order valence-corrected chi connectivity index (χ2v) is 8.05. The molecule has 1 aliphatic rings. The highest BCUT2D eigenvalue weighted by Crippen LogP contribution is 2.39. The molecule has 3 aromatic heterocycles. The number of pyridine rings is 2. The lowest BCUT2D eigenvalue weighted by molar-refractivity contribution is -0.116. The Hall–Kier alpha value is -4.04. The van der Waals surface area contributed by atoms with E-state index in [1.165, 1.54) is 0 Å². The van der Waals surface area contributed by atoms with Crippen molar-refractivity contribution in [3.8, 4) is 5.82 Å². The molecule has 1 saturated heterocycles. The fraction of sp³-hybridized carbons (Fsp3) is 0.120. The monoisotopic (exact) mass is 454 g/mol. The number of hydrogen-bond acceptors (Lipinski definition) is 4. The third kappa shape index (κ3) is 4.33. The molecule has 2 N–H and O–H groups in total. The molecule has 1 amide bonds. The molecule has 4 aromatic rings. The first-order chi connectivity index (χ1) is 16.2. The van der Waals surface area contributed by atoms with Crippen LogP contribution in [0.2, 0.25) is 0 Å². The van der Waals surface area contributed by atoms with Gasteiger partial charge in [-0.3, -0.25) is 9.78 Å². The van der Waals surface area contributed by atoms with Crippen molar-refractivity contribution in [1.29, 1.82) is 0 Å². The van der Waals surface area contributed by atoms with E-state index in [1.807, 2.05) is 94.5 Å². The summed E-state index contributed by atoms with van der Waals surface area (Å²) in [4.78, 5) is 23.9. The third-order valence-corrected chi connectivity index (χ3v) is 5.90. The van der Waals surface area contributed by atoms with Gasteiger partial charge in [0.2, 0.25) is 5.91 Å². The Morgan fingerprint density at radius 1 is 0.939 bits per heavy atom. The van der Waals surface area contributed by atoms with Crippen LogP contribution in [0.15, 0.2) is 97.5 Å². The second kappa shape index (κ2) is 9.22. The minimum absolute atomic E-state index is 0.0993. The van der Waals surface area contributed by atoms with Crippen LogP contribution in [0.3, 0.4) is 0 Å². The van der Waals surface area contributed by atoms with Crippen molar-refractivity contribution in [2.75, 3.05) is 11.9 Å². The van der Waals surface area contributed by atoms with E-state index < -0.39 is 0 Å². The number of amides is 1. The van der Waals surface area contributed by atoms with Crippen LogP contribution in [0.5, 0.6) is 0 Å². The largest absolute Gasteiger partial charge is 0.352 e. The maximum atomic E-state index is 13.0. The number of carbonyl (C=O) groups is 1. The lowest BCUT2D eigenvalue weighted by Gasteiger charge is -2.28. The van der Waals surface area contributed by atoms with Gasteiger partial charge in [0.05, 0.1) is 17.8 Å². The summed E-state index contributed by atoms with van der Waals surface area (Å²) in [6, 6.07) is 24.5. The Balaban J connectivity index is 1.51. The highest BCUT2D eigenvalue weighted by atomic mass is 32.1. The summed E-state index contributed by atoms with van der Waals surface area (Å²) in [6.45, 7) is 0.0993. The maximum absolute atomic E-state index is 13.0. The molecule has 7 nitrogen and oxygen atoms in total. The number of hydrogen-bond donors (Lipinski definition) is 2. The molecule has 0 bridgehead atoms. The highest BCUT2D eigenvalue weighted by Gasteiger charge is 2.42. The second-order valence-electron chi connectivity index (χ2n) is 7.66. The number of rotatable bonds is 6. The minimum Gasteiger partial charge on any atom is -0.352 e. The number of anilines is 1. The number of para-hydroxylation sites is 1. The van der Waals surface area contributed by atoms with Gasteiger partial charge in [0.15, 0.2) is 5.11 Å². The Morgan fingerprint density at radius 3 is 2.42 bits per heavy atom. The van der Waals surface area contributed by atoms with E-state index >= 15 is 0 Å². The summed E-state index contributed by atoms with van der Waals surface area (Å²) >= 11 is 5.69. The Morgan fingerprint density at radius 2 is 1.70 bits per heavy atom. The molecule has 0 unspecified atom stereocenters. The third-order valence-electron chi connectivity index (χ3n) is 5.55. The zero-order valence-corrected chi connectivity index (χ0v) is 18.5. The van der Waals surface area contributed by atoms with Gasteiger partial charge in [0.1, 0.15) is 12.4 Å². The molecule has 1 fully saturated rings. The van der Waals surface area contributed by atoms with Crippen LogP contribution in [-0.2, 0) is 4.79 Å². The zero-order valence-electron chi connectivity index (χ0n) is 17.7. The molecule has 1 aliphatic heterocycles. The fourth-order valence-electron chi connectivity index (χ4n) is 4.11. The molecular formula is C25H22N6OS. The molecule has 33 heavy (non-hydrogen) atoms. The van der Waals surface area contributed by atoms with Crippen molar-refractivity contribution in [3.63, 3.8) is 0 Å². The standard InChI is InChI=1S/C25H22N6OS/c32-22(28-18-9-2-1-3-10-18)17-31-24(23(29-25(31)33)19-11-4-6-14-26-19)20-12-8-16-30(20)21-13-5-7-15-27-21/h1-16,23-24H,17H2,(H,28,32)(H,29,33)/t23-,24+/m0/s1. The van der Waals surface area contributed by atoms with Crippen LogP contribution in [0.4, 0.5) is 5.69 Å². The predicted molar refractivity (Wildman–Crippen MR) is 131 cm³/mol. The summed E-state index contributed by atoms with van der Waals surface area (Å²) in [6.07, 6.45) is 5.49. The van der Waals surface area contributed by atoms with E-state index in [2.05, 4.69) is 20.6 Å². The van der Waals surface area contributed by atoms with Crippen molar-refractivity contribution in [1.82, 2.24) is 24.8 Å². The molecule has 2 atom stereocenters. The van der Waals surface area contributed by atoms with Gasteiger partial charge in [-0.25, -0.2) is 4.98 Å². The fourth-order valence-corrected chi connectivity index (χ4v) is 4.42. The van der Waals surface area contributed by atoms with E-state index in [1.54, 1.807) is 12.4 Å². The molecule has 4 heterocycles. The van der Waals surface area contributed by atoms with Crippen LogP contribution in [0, 0.1) is 0 Å². The van der Waals surface area contributed by atoms with Crippen LogP contribution < -0.4 is 10.6 Å². The first-order valence-electron chi connectivity index (χ1n) is 10.6. The van der Waals surface area contributed by atoms with Crippen LogP contribution in [0.1, 0.15) is 23.5 Å². The molecule has 164 valence electrons. The Labute approximate surface area is 197 Å². The molecule has 0 aliphatic carbocycles. The normalized spacial score (nSPS) is 17.6. The topological polar surface area (TPSA) is 75.1 Å². The van der Waals surface area contributed by atoms with Crippen molar-refractivity contribution >= 4 is 28.9 Å². The lowest BCUT2D eigenvalue weighted by Crippen LogP contribution is -2.37. The number of carbonyl (C=O) groups excluding carboxylic acids is 1. The highest BCUT2D eigenvalue weighted by molar-refractivity contribution is 7.80. The van der Waals surface area contributed by atoms with E-state index in [0.29, 0.717) is 5.11 Å². The molecule has 0 saturated carbocycles. The van der Waals surface area contributed by atoms with Gasteiger partial charge < -0.3 is 20.1 Å². The van der Waals surface area contributed by atoms with Crippen molar-refractivity contribution in [2.24, 2.45) is 0 Å². The summed E-state index contributed by atoms with van der Waals surface area (Å²) in [5.41, 5.74) is 2.56. The number of thiocarbonyl (C=S) groups is 1. The summed E-state index contributed by atoms with van der Waals surface area (Å²) in [5.74, 6) is 0.650. The van der Waals surface area contributed by atoms with Gasteiger partial charge in [0.25, 0.3) is 0 Å². The average Bonchev–Trinajstić information content (AvgIpc) is 3.45. The predicted octanol–water partition coefficient (Wildman–Crippen LogP) is 3.88. The summed E-state index contributed by atoms with van der Waals surface area (Å²) in [7, 11) is 0. The van der Waals surface area contributed by atoms with Gasteiger partial charge in [-0.1, -0.05) is 30.3 Å². The van der Waals surface area contributed by atoms with E-state index in [4.69, 9.17) is 12.2 Å². The molecule has 5 rings (SSSR count). The SMILES string of the molecule is O=C(CN1C(=S)N[C@@H](c2ccccn2)[C@H]1c1cccn1-c1ccccn1)Nc1ccccc1. The first kappa shape index (κ1) is 20.8. The van der Waals surface area contributed by atoms with Crippen LogP contribution in [-0.4, -0.2) is 37.0 Å². The Bertz CT molecular complexity index is 1250. The van der Waals surface area contributed by atoms with E-state index in [0.717, 1.165) is 22.9 Å². The molecular weight excluding hydrogens is 432 g/mol. The van der Waals surface area contributed by atoms with Crippen molar-refractivity contribution < 1.29 is 4.79 Å². The van der Waals surface area contributed by atoms with Gasteiger partial charge in [-0.05, 0) is 60.7 Å². The Kier molecular flexibility index (Phi) is 5.82. The maximum Gasteiger partial charge on any atom is 0.244 e. The lowest BCUT2D eigenvalue weighted by atomic mass is 10.0. The number of aromatic nitrogens is 3. The zero-order chi connectivity index (χ0) is 22.6. The number of nitrogens with zero attached hydrogens (tertiary/aromatic N) is 4. The smallest absolute Gasteiger partial charge is 0.244 e. The quantitative estimate of drug-likeness (QED) is 0.431. The molecule has 0 radical (unpaired) electrons. The minimum atomic E-state index is -0.258. The molecule has 0 spiro atoms. The van der Waals surface area contributed by atoms with Crippen LogP contribution >= 0.6 is 12.2 Å². The van der Waals surface area contributed by atoms with Gasteiger partial charge in [0, 0.05) is 30.0 Å². The van der Waals surface area contributed by atoms with Gasteiger partial charge >= 0.3 is 0 Å². The molecule has 1 aromatic carbocycles. The van der Waals surface area contributed by atoms with Crippen molar-refractivity contribution in [3.05, 3.63) is 109 Å².